The number of Topliss-reactive ketones (excluding diaryl/α,β-unsaturated/α-hetero) is 1. The monoisotopic (exact) mass is 604 g/mol. The molecule has 0 spiro atoms. The van der Waals surface area contributed by atoms with Crippen LogP contribution in [0.15, 0.2) is 12.1 Å². The molecule has 0 saturated heterocycles. The van der Waals surface area contributed by atoms with Gasteiger partial charge in [0.05, 0.1) is 16.9 Å². The molecule has 1 aromatic heterocycles. The molecule has 1 heterocycles. The standard InChI is InChI=1S/C33H49ClN2O4S/c1-18(2)31(26-8-9-27(34)41-26)36-28(38)14-19(3)22-6-7-23-30-24(11-13-33(22,23)5)32(4)12-10-21(37)15-20(32)16-25(30)40-29(39)17-35/h8-9,18-20,22-25,30-31H,6-7,10-17,35H2,1-5H3,(H,36,38)/t19-,20?,22?,23+,24+,25-,30?,31?,32?,33?/m1/s1. The van der Waals surface area contributed by atoms with Crippen LogP contribution < -0.4 is 11.1 Å². The van der Waals surface area contributed by atoms with E-state index in [-0.39, 0.29) is 59.2 Å². The first-order chi connectivity index (χ1) is 19.4. The zero-order chi connectivity index (χ0) is 29.7. The minimum absolute atomic E-state index is 0.0363. The topological polar surface area (TPSA) is 98.5 Å². The van der Waals surface area contributed by atoms with E-state index in [9.17, 15) is 14.4 Å². The van der Waals surface area contributed by atoms with Gasteiger partial charge in [0, 0.05) is 30.1 Å². The number of carbonyl (C=O) groups is 3. The van der Waals surface area contributed by atoms with Crippen molar-refractivity contribution in [2.45, 2.75) is 105 Å². The molecule has 1 aromatic rings. The number of fused-ring (bicyclic) bond motifs is 5. The Labute approximate surface area is 254 Å². The molecule has 4 saturated carbocycles. The van der Waals surface area contributed by atoms with Gasteiger partial charge in [0.25, 0.3) is 0 Å². The smallest absolute Gasteiger partial charge is 0.319 e. The number of hydrogen-bond acceptors (Lipinski definition) is 6. The fourth-order valence-corrected chi connectivity index (χ4v) is 11.3. The third kappa shape index (κ3) is 5.76. The molecular weight excluding hydrogens is 556 g/mol. The number of nitrogens with one attached hydrogen (secondary N) is 1. The van der Waals surface area contributed by atoms with Crippen LogP contribution in [0.4, 0.5) is 0 Å². The lowest BCUT2D eigenvalue weighted by Gasteiger charge is -2.62. The summed E-state index contributed by atoms with van der Waals surface area (Å²) >= 11 is 7.74. The van der Waals surface area contributed by atoms with E-state index < -0.39 is 0 Å². The van der Waals surface area contributed by atoms with E-state index in [0.29, 0.717) is 48.7 Å². The van der Waals surface area contributed by atoms with Crippen LogP contribution in [0.25, 0.3) is 0 Å². The number of rotatable bonds is 8. The number of ketones is 1. The Hall–Kier alpha value is -1.44. The zero-order valence-electron chi connectivity index (χ0n) is 25.4. The molecule has 1 amide bonds. The molecule has 6 nitrogen and oxygen atoms in total. The number of esters is 1. The fraction of sp³-hybridized carbons (Fsp3) is 0.788. The van der Waals surface area contributed by atoms with Gasteiger partial charge in [-0.2, -0.15) is 0 Å². The minimum atomic E-state index is -0.335. The number of thiophene rings is 1. The summed E-state index contributed by atoms with van der Waals surface area (Å²) in [5.74, 6) is 2.55. The summed E-state index contributed by atoms with van der Waals surface area (Å²) in [6.07, 6.45) is 7.78. The van der Waals surface area contributed by atoms with Crippen LogP contribution in [-0.2, 0) is 19.1 Å². The summed E-state index contributed by atoms with van der Waals surface area (Å²) in [7, 11) is 0. The molecule has 5 rings (SSSR count). The summed E-state index contributed by atoms with van der Waals surface area (Å²) in [4.78, 5) is 39.5. The molecule has 4 aliphatic rings. The Bertz CT molecular complexity index is 1150. The van der Waals surface area contributed by atoms with Crippen molar-refractivity contribution in [2.24, 2.45) is 58.0 Å². The number of halogens is 1. The van der Waals surface area contributed by atoms with E-state index in [1.165, 1.54) is 11.3 Å². The molecule has 0 aromatic carbocycles. The van der Waals surface area contributed by atoms with Crippen molar-refractivity contribution in [1.82, 2.24) is 5.32 Å². The highest BCUT2D eigenvalue weighted by Crippen LogP contribution is 2.68. The summed E-state index contributed by atoms with van der Waals surface area (Å²) in [6.45, 7) is 11.3. The maximum Gasteiger partial charge on any atom is 0.319 e. The van der Waals surface area contributed by atoms with Gasteiger partial charge in [-0.1, -0.05) is 46.2 Å². The third-order valence-electron chi connectivity index (χ3n) is 12.1. The quantitative estimate of drug-likeness (QED) is 0.313. The van der Waals surface area contributed by atoms with E-state index in [1.54, 1.807) is 0 Å². The van der Waals surface area contributed by atoms with Crippen molar-refractivity contribution in [2.75, 3.05) is 6.54 Å². The maximum absolute atomic E-state index is 13.4. The highest BCUT2D eigenvalue weighted by Gasteiger charge is 2.63. The van der Waals surface area contributed by atoms with E-state index >= 15 is 0 Å². The van der Waals surface area contributed by atoms with E-state index in [2.05, 4.69) is 39.9 Å². The first-order valence-corrected chi connectivity index (χ1v) is 17.0. The van der Waals surface area contributed by atoms with Crippen molar-refractivity contribution in [3.05, 3.63) is 21.3 Å². The highest BCUT2D eigenvalue weighted by molar-refractivity contribution is 7.16. The Balaban J connectivity index is 1.33. The van der Waals surface area contributed by atoms with Gasteiger partial charge < -0.3 is 15.8 Å². The summed E-state index contributed by atoms with van der Waals surface area (Å²) in [5.41, 5.74) is 5.91. The average molecular weight is 605 g/mol. The van der Waals surface area contributed by atoms with Gasteiger partial charge in [-0.15, -0.1) is 11.3 Å². The Morgan fingerprint density at radius 3 is 2.51 bits per heavy atom. The number of nitrogens with two attached hydrogens (primary N) is 1. The van der Waals surface area contributed by atoms with Gasteiger partial charge in [-0.3, -0.25) is 14.4 Å². The summed E-state index contributed by atoms with van der Waals surface area (Å²) < 4.78 is 6.86. The molecule has 0 bridgehead atoms. The lowest BCUT2D eigenvalue weighted by Crippen LogP contribution is -2.59. The van der Waals surface area contributed by atoms with Crippen LogP contribution >= 0.6 is 22.9 Å². The van der Waals surface area contributed by atoms with Crippen LogP contribution in [0, 0.1) is 52.3 Å². The summed E-state index contributed by atoms with van der Waals surface area (Å²) in [5, 5.41) is 3.32. The van der Waals surface area contributed by atoms with Crippen LogP contribution in [-0.4, -0.2) is 30.3 Å². The molecule has 0 radical (unpaired) electrons. The maximum atomic E-state index is 13.4. The van der Waals surface area contributed by atoms with Crippen molar-refractivity contribution >= 4 is 40.6 Å². The Kier molecular flexibility index (Phi) is 9.01. The number of hydrogen-bond donors (Lipinski definition) is 2. The van der Waals surface area contributed by atoms with Gasteiger partial charge in [-0.05, 0) is 97.0 Å². The van der Waals surface area contributed by atoms with Gasteiger partial charge in [0.15, 0.2) is 0 Å². The second-order valence-corrected chi connectivity index (χ2v) is 16.3. The van der Waals surface area contributed by atoms with E-state index in [1.807, 2.05) is 12.1 Å². The van der Waals surface area contributed by atoms with Crippen molar-refractivity contribution in [1.29, 1.82) is 0 Å². The Morgan fingerprint density at radius 2 is 1.85 bits per heavy atom. The first-order valence-electron chi connectivity index (χ1n) is 15.8. The number of amides is 1. The normalized spacial score (nSPS) is 38.0. The molecule has 41 heavy (non-hydrogen) atoms. The van der Waals surface area contributed by atoms with E-state index in [0.717, 1.165) is 47.7 Å². The van der Waals surface area contributed by atoms with Gasteiger partial charge >= 0.3 is 5.97 Å². The average Bonchev–Trinajstić information content (AvgIpc) is 3.50. The van der Waals surface area contributed by atoms with Crippen LogP contribution in [0.2, 0.25) is 4.34 Å². The lowest BCUT2D eigenvalue weighted by molar-refractivity contribution is -0.190. The van der Waals surface area contributed by atoms with Crippen LogP contribution in [0.1, 0.15) is 103 Å². The second kappa shape index (κ2) is 11.9. The van der Waals surface area contributed by atoms with E-state index in [4.69, 9.17) is 22.1 Å². The van der Waals surface area contributed by atoms with Crippen LogP contribution in [0.5, 0.6) is 0 Å². The van der Waals surface area contributed by atoms with Crippen LogP contribution in [0.3, 0.4) is 0 Å². The Morgan fingerprint density at radius 1 is 1.12 bits per heavy atom. The SMILES string of the molecule is CC(C)C(NC(=O)C[C@@H](C)C1CC[C@H]2C3[C@H](OC(=O)CN)CC4CC(=O)CCC4(C)[C@H]3CCC12C)c1ccc(Cl)s1. The fourth-order valence-electron chi connectivity index (χ4n) is 10.0. The van der Waals surface area contributed by atoms with Crippen molar-refractivity contribution in [3.63, 3.8) is 0 Å². The predicted molar refractivity (Wildman–Crippen MR) is 163 cm³/mol. The van der Waals surface area contributed by atoms with Gasteiger partial charge in [0.2, 0.25) is 5.91 Å². The summed E-state index contributed by atoms with van der Waals surface area (Å²) in [6, 6.07) is 3.89. The molecule has 4 fully saturated rings. The molecule has 8 heteroatoms. The zero-order valence-corrected chi connectivity index (χ0v) is 27.0. The van der Waals surface area contributed by atoms with Gasteiger partial charge in [0.1, 0.15) is 11.9 Å². The molecule has 10 atom stereocenters. The second-order valence-electron chi connectivity index (χ2n) is 14.5. The number of ether oxygens (including phenoxy) is 1. The largest absolute Gasteiger partial charge is 0.461 e. The minimum Gasteiger partial charge on any atom is -0.461 e. The van der Waals surface area contributed by atoms with Crippen molar-refractivity contribution in [3.8, 4) is 0 Å². The predicted octanol–water partition coefficient (Wildman–Crippen LogP) is 6.95. The molecular formula is C33H49ClN2O4S. The molecule has 6 unspecified atom stereocenters. The molecule has 4 aliphatic carbocycles. The number of carbonyl (C=O) groups excluding carboxylic acids is 3. The first kappa shape index (κ1) is 31.0. The molecule has 0 aliphatic heterocycles. The third-order valence-corrected chi connectivity index (χ3v) is 13.4. The molecule has 228 valence electrons. The molecule has 3 N–H and O–H groups in total. The van der Waals surface area contributed by atoms with Crippen molar-refractivity contribution < 1.29 is 19.1 Å². The lowest BCUT2D eigenvalue weighted by atomic mass is 9.43. The van der Waals surface area contributed by atoms with Gasteiger partial charge in [-0.25, -0.2) is 0 Å². The highest BCUT2D eigenvalue weighted by atomic mass is 35.5.